The standard InChI is InChI=1S/C20H23F2NO2/c1-5-19(24)23-17-8-6-7-12(2)16(17)11-25-18-10-14(4)13(3)9-15(18)20(21)22/h6-10,20H,5,11H2,1-4H3,(H,23,24). The van der Waals surface area contributed by atoms with Gasteiger partial charge in [0.1, 0.15) is 12.4 Å². The van der Waals surface area contributed by atoms with Crippen LogP contribution in [-0.4, -0.2) is 5.91 Å². The number of halogens is 2. The Morgan fingerprint density at radius 1 is 1.12 bits per heavy atom. The Morgan fingerprint density at radius 2 is 1.80 bits per heavy atom. The molecule has 2 aromatic carbocycles. The van der Waals surface area contributed by atoms with Crippen molar-refractivity contribution in [2.45, 2.75) is 47.1 Å². The zero-order chi connectivity index (χ0) is 18.6. The van der Waals surface area contributed by atoms with Crippen molar-refractivity contribution in [1.29, 1.82) is 0 Å². The van der Waals surface area contributed by atoms with E-state index in [0.717, 1.165) is 22.3 Å². The van der Waals surface area contributed by atoms with Crippen molar-refractivity contribution in [2.75, 3.05) is 5.32 Å². The number of hydrogen-bond donors (Lipinski definition) is 1. The number of amides is 1. The summed E-state index contributed by atoms with van der Waals surface area (Å²) in [5.41, 5.74) is 3.93. The maximum absolute atomic E-state index is 13.3. The molecular weight excluding hydrogens is 324 g/mol. The van der Waals surface area contributed by atoms with E-state index in [2.05, 4.69) is 5.32 Å². The van der Waals surface area contributed by atoms with Gasteiger partial charge in [0.25, 0.3) is 6.43 Å². The number of ether oxygens (including phenoxy) is 1. The third kappa shape index (κ3) is 4.56. The summed E-state index contributed by atoms with van der Waals surface area (Å²) in [6.45, 7) is 7.43. The first kappa shape index (κ1) is 18.9. The summed E-state index contributed by atoms with van der Waals surface area (Å²) >= 11 is 0. The van der Waals surface area contributed by atoms with Gasteiger partial charge in [0.2, 0.25) is 5.91 Å². The van der Waals surface area contributed by atoms with Gasteiger partial charge >= 0.3 is 0 Å². The molecule has 0 bridgehead atoms. The molecule has 0 aliphatic heterocycles. The number of carbonyl (C=O) groups excluding carboxylic acids is 1. The van der Waals surface area contributed by atoms with Gasteiger partial charge in [-0.05, 0) is 55.7 Å². The molecule has 0 radical (unpaired) electrons. The van der Waals surface area contributed by atoms with Crippen LogP contribution in [0.25, 0.3) is 0 Å². The van der Waals surface area contributed by atoms with E-state index >= 15 is 0 Å². The molecule has 1 amide bonds. The van der Waals surface area contributed by atoms with Gasteiger partial charge in [-0.2, -0.15) is 0 Å². The minimum absolute atomic E-state index is 0.105. The van der Waals surface area contributed by atoms with Crippen molar-refractivity contribution in [1.82, 2.24) is 0 Å². The Hall–Kier alpha value is -2.43. The largest absolute Gasteiger partial charge is 0.488 e. The van der Waals surface area contributed by atoms with E-state index in [4.69, 9.17) is 4.74 Å². The molecule has 1 N–H and O–H groups in total. The summed E-state index contributed by atoms with van der Waals surface area (Å²) in [5.74, 6) is 0.0698. The van der Waals surface area contributed by atoms with Crippen LogP contribution < -0.4 is 10.1 Å². The first-order valence-electron chi connectivity index (χ1n) is 8.23. The van der Waals surface area contributed by atoms with E-state index in [9.17, 15) is 13.6 Å². The maximum atomic E-state index is 13.3. The van der Waals surface area contributed by atoms with Crippen LogP contribution in [0.1, 0.15) is 47.6 Å². The molecule has 0 heterocycles. The molecule has 0 aliphatic rings. The quantitative estimate of drug-likeness (QED) is 0.752. The SMILES string of the molecule is CCC(=O)Nc1cccc(C)c1COc1cc(C)c(C)cc1C(F)F. The molecular formula is C20H23F2NO2. The lowest BCUT2D eigenvalue weighted by Gasteiger charge is -2.17. The Labute approximate surface area is 147 Å². The molecule has 5 heteroatoms. The van der Waals surface area contributed by atoms with Crippen molar-refractivity contribution in [2.24, 2.45) is 0 Å². The highest BCUT2D eigenvalue weighted by Gasteiger charge is 2.17. The van der Waals surface area contributed by atoms with Crippen molar-refractivity contribution in [3.8, 4) is 5.75 Å². The fraction of sp³-hybridized carbons (Fsp3) is 0.350. The second kappa shape index (κ2) is 8.10. The molecule has 0 atom stereocenters. The highest BCUT2D eigenvalue weighted by atomic mass is 19.3. The minimum Gasteiger partial charge on any atom is -0.488 e. The van der Waals surface area contributed by atoms with E-state index < -0.39 is 6.43 Å². The van der Waals surface area contributed by atoms with Crippen LogP contribution in [0, 0.1) is 20.8 Å². The number of benzene rings is 2. The normalized spacial score (nSPS) is 10.8. The van der Waals surface area contributed by atoms with Gasteiger partial charge in [-0.1, -0.05) is 19.1 Å². The van der Waals surface area contributed by atoms with E-state index in [1.807, 2.05) is 26.0 Å². The monoisotopic (exact) mass is 347 g/mol. The average Bonchev–Trinajstić information content (AvgIpc) is 2.56. The fourth-order valence-corrected chi connectivity index (χ4v) is 2.51. The Morgan fingerprint density at radius 3 is 2.44 bits per heavy atom. The van der Waals surface area contributed by atoms with E-state index in [0.29, 0.717) is 12.1 Å². The van der Waals surface area contributed by atoms with Gasteiger partial charge in [-0.3, -0.25) is 4.79 Å². The molecule has 0 fully saturated rings. The predicted molar refractivity (Wildman–Crippen MR) is 95.3 cm³/mol. The van der Waals surface area contributed by atoms with E-state index in [1.54, 1.807) is 26.0 Å². The molecule has 2 aromatic rings. The van der Waals surface area contributed by atoms with Gasteiger partial charge in [-0.15, -0.1) is 0 Å². The lowest BCUT2D eigenvalue weighted by atomic mass is 10.0. The number of carbonyl (C=O) groups is 1. The highest BCUT2D eigenvalue weighted by molar-refractivity contribution is 5.91. The number of rotatable bonds is 6. The average molecular weight is 347 g/mol. The lowest BCUT2D eigenvalue weighted by Crippen LogP contribution is -2.13. The number of anilines is 1. The van der Waals surface area contributed by atoms with Crippen LogP contribution in [0.2, 0.25) is 0 Å². The zero-order valence-corrected chi connectivity index (χ0v) is 15.0. The maximum Gasteiger partial charge on any atom is 0.267 e. The topological polar surface area (TPSA) is 38.3 Å². The molecule has 0 saturated carbocycles. The summed E-state index contributed by atoms with van der Waals surface area (Å²) in [6.07, 6.45) is -2.24. The molecule has 0 aliphatic carbocycles. The van der Waals surface area contributed by atoms with Crippen molar-refractivity contribution in [3.05, 3.63) is 58.1 Å². The van der Waals surface area contributed by atoms with Crippen LogP contribution in [0.3, 0.4) is 0 Å². The Kier molecular flexibility index (Phi) is 6.12. The lowest BCUT2D eigenvalue weighted by molar-refractivity contribution is -0.115. The molecule has 0 aromatic heterocycles. The predicted octanol–water partition coefficient (Wildman–Crippen LogP) is 5.48. The number of aryl methyl sites for hydroxylation is 3. The number of alkyl halides is 2. The third-order valence-corrected chi connectivity index (χ3v) is 4.24. The van der Waals surface area contributed by atoms with Crippen LogP contribution in [0.15, 0.2) is 30.3 Å². The zero-order valence-electron chi connectivity index (χ0n) is 15.0. The number of nitrogens with one attached hydrogen (secondary N) is 1. The van der Waals surface area contributed by atoms with Gasteiger partial charge in [0.05, 0.1) is 5.56 Å². The second-order valence-corrected chi connectivity index (χ2v) is 6.07. The molecule has 0 saturated heterocycles. The van der Waals surface area contributed by atoms with Gasteiger partial charge < -0.3 is 10.1 Å². The molecule has 0 spiro atoms. The summed E-state index contributed by atoms with van der Waals surface area (Å²) in [7, 11) is 0. The van der Waals surface area contributed by atoms with E-state index in [-0.39, 0.29) is 23.8 Å². The first-order valence-corrected chi connectivity index (χ1v) is 8.23. The van der Waals surface area contributed by atoms with Crippen molar-refractivity contribution >= 4 is 11.6 Å². The first-order chi connectivity index (χ1) is 11.8. The van der Waals surface area contributed by atoms with E-state index in [1.165, 1.54) is 6.07 Å². The summed E-state index contributed by atoms with van der Waals surface area (Å²) in [4.78, 5) is 11.7. The van der Waals surface area contributed by atoms with Crippen LogP contribution in [0.4, 0.5) is 14.5 Å². The van der Waals surface area contributed by atoms with Gasteiger partial charge in [0, 0.05) is 17.7 Å². The summed E-state index contributed by atoms with van der Waals surface area (Å²) < 4.78 is 32.3. The molecule has 25 heavy (non-hydrogen) atoms. The molecule has 2 rings (SSSR count). The second-order valence-electron chi connectivity index (χ2n) is 6.07. The van der Waals surface area contributed by atoms with Crippen LogP contribution in [0.5, 0.6) is 5.75 Å². The minimum atomic E-state index is -2.61. The van der Waals surface area contributed by atoms with Gasteiger partial charge in [0.15, 0.2) is 0 Å². The van der Waals surface area contributed by atoms with Gasteiger partial charge in [-0.25, -0.2) is 8.78 Å². The van der Waals surface area contributed by atoms with Crippen molar-refractivity contribution in [3.63, 3.8) is 0 Å². The smallest absolute Gasteiger partial charge is 0.267 e. The van der Waals surface area contributed by atoms with Crippen molar-refractivity contribution < 1.29 is 18.3 Å². The van der Waals surface area contributed by atoms with Crippen LogP contribution >= 0.6 is 0 Å². The third-order valence-electron chi connectivity index (χ3n) is 4.24. The molecule has 134 valence electrons. The molecule has 3 nitrogen and oxygen atoms in total. The highest BCUT2D eigenvalue weighted by Crippen LogP contribution is 2.33. The summed E-state index contributed by atoms with van der Waals surface area (Å²) in [5, 5.41) is 2.83. The number of hydrogen-bond acceptors (Lipinski definition) is 2. The van der Waals surface area contributed by atoms with Crippen LogP contribution in [-0.2, 0) is 11.4 Å². The summed E-state index contributed by atoms with van der Waals surface area (Å²) in [6, 6.07) is 8.62. The Balaban J connectivity index is 2.30. The Bertz CT molecular complexity index is 773. The fourth-order valence-electron chi connectivity index (χ4n) is 2.51. The molecule has 0 unspecified atom stereocenters.